The molecule has 2 aromatic carbocycles. The second-order valence-electron chi connectivity index (χ2n) is 6.81. The first-order valence-electron chi connectivity index (χ1n) is 8.65. The molecule has 138 valence electrons. The third kappa shape index (κ3) is 4.11. The smallest absolute Gasteiger partial charge is 0.270 e. The van der Waals surface area contributed by atoms with Gasteiger partial charge in [0.1, 0.15) is 0 Å². The molecule has 4 nitrogen and oxygen atoms in total. The minimum Gasteiger partial charge on any atom is -0.270 e. The molecule has 5 heteroatoms. The van der Waals surface area contributed by atoms with E-state index in [9.17, 15) is 0 Å². The molecule has 0 radical (unpaired) electrons. The number of aromatic nitrogens is 4. The summed E-state index contributed by atoms with van der Waals surface area (Å²) in [5.41, 5.74) is 3.89. The Morgan fingerprint density at radius 2 is 1.89 bits per heavy atom. The van der Waals surface area contributed by atoms with Crippen LogP contribution in [0.5, 0.6) is 0 Å². The Balaban J connectivity index is 0.00000210. The summed E-state index contributed by atoms with van der Waals surface area (Å²) in [6.45, 7) is 5.06. The van der Waals surface area contributed by atoms with Crippen molar-refractivity contribution in [3.05, 3.63) is 102 Å². The van der Waals surface area contributed by atoms with E-state index in [0.717, 1.165) is 22.5 Å². The first kappa shape index (κ1) is 19.3. The van der Waals surface area contributed by atoms with Crippen molar-refractivity contribution >= 4 is 0 Å². The van der Waals surface area contributed by atoms with Crippen LogP contribution in [-0.4, -0.2) is 19.6 Å². The second-order valence-corrected chi connectivity index (χ2v) is 6.81. The minimum absolute atomic E-state index is 0. The van der Waals surface area contributed by atoms with Gasteiger partial charge in [0.2, 0.25) is 0 Å². The molecule has 0 saturated carbocycles. The van der Waals surface area contributed by atoms with E-state index in [2.05, 4.69) is 49.3 Å². The van der Waals surface area contributed by atoms with Gasteiger partial charge in [0, 0.05) is 30.6 Å². The molecule has 0 saturated heterocycles. The predicted molar refractivity (Wildman–Crippen MR) is 101 cm³/mol. The molecular weight excluding hydrogens is 515 g/mol. The van der Waals surface area contributed by atoms with Gasteiger partial charge in [0.15, 0.2) is 0 Å². The van der Waals surface area contributed by atoms with E-state index in [1.54, 1.807) is 6.20 Å². The molecular formula is C22H20N4Pt. The standard InChI is InChI=1S/C22H20N4.Pt/c1-22(2,19-10-6-11-20(16-19)26-14-7-13-23-26)21-12-15-25(24-21)17-18-8-4-3-5-9-18;/h3-8,10-15H,17H2,1-2H3;/q-2;+2. The Hall–Kier alpha value is -2.45. The number of nitrogens with zero attached hydrogens (tertiary/aromatic N) is 4. The van der Waals surface area contributed by atoms with Crippen LogP contribution in [0.15, 0.2) is 73.2 Å². The van der Waals surface area contributed by atoms with Crippen LogP contribution in [0.3, 0.4) is 0 Å². The van der Waals surface area contributed by atoms with E-state index in [-0.39, 0.29) is 26.5 Å². The van der Waals surface area contributed by atoms with Crippen LogP contribution >= 0.6 is 0 Å². The average Bonchev–Trinajstić information content (AvgIpc) is 3.35. The van der Waals surface area contributed by atoms with E-state index >= 15 is 0 Å². The summed E-state index contributed by atoms with van der Waals surface area (Å²) < 4.78 is 3.78. The summed E-state index contributed by atoms with van der Waals surface area (Å²) in [4.78, 5) is 0. The quantitative estimate of drug-likeness (QED) is 0.362. The van der Waals surface area contributed by atoms with Crippen molar-refractivity contribution in [2.45, 2.75) is 25.8 Å². The third-order valence-electron chi connectivity index (χ3n) is 4.59. The molecule has 0 atom stereocenters. The molecule has 2 aromatic heterocycles. The van der Waals surface area contributed by atoms with Crippen LogP contribution in [0, 0.1) is 12.1 Å². The van der Waals surface area contributed by atoms with Crippen LogP contribution in [0.1, 0.15) is 30.7 Å². The van der Waals surface area contributed by atoms with Crippen LogP contribution in [0.4, 0.5) is 0 Å². The minimum atomic E-state index is -0.255. The fourth-order valence-electron chi connectivity index (χ4n) is 2.99. The van der Waals surface area contributed by atoms with Crippen LogP contribution in [0.25, 0.3) is 5.69 Å². The molecule has 27 heavy (non-hydrogen) atoms. The fraction of sp³-hybridized carbons (Fsp3) is 0.182. The molecule has 0 bridgehead atoms. The van der Waals surface area contributed by atoms with E-state index in [1.165, 1.54) is 0 Å². The summed E-state index contributed by atoms with van der Waals surface area (Å²) in [6, 6.07) is 24.9. The Morgan fingerprint density at radius 3 is 2.63 bits per heavy atom. The fourth-order valence-corrected chi connectivity index (χ4v) is 2.99. The van der Waals surface area contributed by atoms with E-state index in [0.29, 0.717) is 6.54 Å². The Kier molecular flexibility index (Phi) is 5.76. The van der Waals surface area contributed by atoms with Gasteiger partial charge in [-0.2, -0.15) is 58.7 Å². The maximum atomic E-state index is 4.80. The van der Waals surface area contributed by atoms with Gasteiger partial charge in [-0.25, -0.2) is 0 Å². The van der Waals surface area contributed by atoms with Crippen LogP contribution < -0.4 is 0 Å². The first-order chi connectivity index (χ1) is 12.6. The van der Waals surface area contributed by atoms with Gasteiger partial charge in [0.25, 0.3) is 0 Å². The van der Waals surface area contributed by atoms with Crippen molar-refractivity contribution in [3.8, 4) is 5.69 Å². The zero-order chi connectivity index (χ0) is 18.0. The molecule has 0 aliphatic rings. The van der Waals surface area contributed by atoms with Crippen molar-refractivity contribution in [2.75, 3.05) is 0 Å². The summed E-state index contributed by atoms with van der Waals surface area (Å²) in [6.07, 6.45) is 5.72. The zero-order valence-electron chi connectivity index (χ0n) is 15.2. The van der Waals surface area contributed by atoms with Gasteiger partial charge in [-0.3, -0.25) is 9.36 Å². The summed E-state index contributed by atoms with van der Waals surface area (Å²) in [5.74, 6) is 0. The Bertz CT molecular complexity index is 988. The molecule has 0 aliphatic carbocycles. The molecule has 0 N–H and O–H groups in total. The summed E-state index contributed by atoms with van der Waals surface area (Å²) >= 11 is 0. The summed E-state index contributed by atoms with van der Waals surface area (Å²) in [5, 5.41) is 9.10. The van der Waals surface area contributed by atoms with Crippen LogP contribution in [0.2, 0.25) is 0 Å². The van der Waals surface area contributed by atoms with Gasteiger partial charge in [-0.1, -0.05) is 13.8 Å². The predicted octanol–water partition coefficient (Wildman–Crippen LogP) is 4.04. The second kappa shape index (κ2) is 8.06. The Labute approximate surface area is 174 Å². The molecule has 4 rings (SSSR count). The molecule has 0 aliphatic heterocycles. The maximum absolute atomic E-state index is 4.80. The van der Waals surface area contributed by atoms with Gasteiger partial charge >= 0.3 is 21.1 Å². The largest absolute Gasteiger partial charge is 2.00 e. The molecule has 0 amide bonds. The Morgan fingerprint density at radius 1 is 1.00 bits per heavy atom. The van der Waals surface area contributed by atoms with Crippen molar-refractivity contribution in [1.29, 1.82) is 0 Å². The van der Waals surface area contributed by atoms with Crippen molar-refractivity contribution < 1.29 is 21.1 Å². The SMILES string of the molecule is CC(C)(c1[c-]c(-n2cccn2)ccc1)c1ccn(Cc2[c-]cccc2)n1.[Pt+2]. The van der Waals surface area contributed by atoms with Crippen molar-refractivity contribution in [1.82, 2.24) is 19.6 Å². The van der Waals surface area contributed by atoms with Crippen molar-refractivity contribution in [2.24, 2.45) is 0 Å². The van der Waals surface area contributed by atoms with Gasteiger partial charge in [-0.15, -0.1) is 17.2 Å². The van der Waals surface area contributed by atoms with E-state index in [1.807, 2.05) is 58.2 Å². The van der Waals surface area contributed by atoms with Gasteiger partial charge < -0.3 is 0 Å². The number of benzene rings is 2. The summed E-state index contributed by atoms with van der Waals surface area (Å²) in [7, 11) is 0. The average molecular weight is 536 g/mol. The van der Waals surface area contributed by atoms with Gasteiger partial charge in [0.05, 0.1) is 5.69 Å². The molecule has 0 spiro atoms. The third-order valence-corrected chi connectivity index (χ3v) is 4.59. The normalized spacial score (nSPS) is 11.2. The zero-order valence-corrected chi connectivity index (χ0v) is 17.5. The number of hydrogen-bond donors (Lipinski definition) is 0. The van der Waals surface area contributed by atoms with E-state index < -0.39 is 0 Å². The topological polar surface area (TPSA) is 35.6 Å². The first-order valence-corrected chi connectivity index (χ1v) is 8.65. The van der Waals surface area contributed by atoms with E-state index in [4.69, 9.17) is 5.10 Å². The van der Waals surface area contributed by atoms with Gasteiger partial charge in [-0.05, 0) is 17.8 Å². The maximum Gasteiger partial charge on any atom is 2.00 e. The van der Waals surface area contributed by atoms with Crippen LogP contribution in [-0.2, 0) is 33.0 Å². The molecule has 0 unspecified atom stereocenters. The molecule has 0 fully saturated rings. The number of hydrogen-bond acceptors (Lipinski definition) is 2. The molecule has 2 heterocycles. The monoisotopic (exact) mass is 535 g/mol. The number of rotatable bonds is 5. The molecule has 4 aromatic rings. The van der Waals surface area contributed by atoms with Crippen molar-refractivity contribution in [3.63, 3.8) is 0 Å².